The topological polar surface area (TPSA) is 96.0 Å². The van der Waals surface area contributed by atoms with Gasteiger partial charge in [-0.05, 0) is 68.3 Å². The zero-order valence-electron chi connectivity index (χ0n) is 22.6. The summed E-state index contributed by atoms with van der Waals surface area (Å²) in [5.74, 6) is -0.381. The lowest BCUT2D eigenvalue weighted by Crippen LogP contribution is -2.51. The van der Waals surface area contributed by atoms with Crippen LogP contribution in [0.4, 0.5) is 5.69 Å². The number of nitrogens with one attached hydrogen (secondary N) is 1. The minimum Gasteiger partial charge on any atom is -0.497 e. The van der Waals surface area contributed by atoms with Crippen LogP contribution in [0.3, 0.4) is 0 Å². The van der Waals surface area contributed by atoms with Crippen LogP contribution in [-0.2, 0) is 26.2 Å². The number of methoxy groups -OCH3 is 1. The molecule has 0 fully saturated rings. The van der Waals surface area contributed by atoms with E-state index in [-0.39, 0.29) is 17.3 Å². The standard InChI is InChI=1S/C29H34ClN3O5S/c1-5-18-31-29(35)22(3)32(19-23-8-6-7-9-27(23)30)28(34)20-33(24-12-10-21(2)11-13-24)39(36,37)26-16-14-25(38-4)15-17-26/h6-17,22H,5,18-20H2,1-4H3,(H,31,35)/t22-/m1/s1. The largest absolute Gasteiger partial charge is 0.497 e. The highest BCUT2D eigenvalue weighted by atomic mass is 35.5. The van der Waals surface area contributed by atoms with Crippen LogP contribution >= 0.6 is 11.6 Å². The number of sulfonamides is 1. The van der Waals surface area contributed by atoms with Gasteiger partial charge in [0.25, 0.3) is 10.0 Å². The Labute approximate surface area is 235 Å². The van der Waals surface area contributed by atoms with Crippen LogP contribution < -0.4 is 14.4 Å². The summed E-state index contributed by atoms with van der Waals surface area (Å²) in [7, 11) is -2.67. The molecule has 0 saturated carbocycles. The van der Waals surface area contributed by atoms with E-state index in [9.17, 15) is 18.0 Å². The first-order valence-corrected chi connectivity index (χ1v) is 14.4. The van der Waals surface area contributed by atoms with Crippen molar-refractivity contribution < 1.29 is 22.7 Å². The number of benzene rings is 3. The lowest BCUT2D eigenvalue weighted by atomic mass is 10.1. The van der Waals surface area contributed by atoms with Gasteiger partial charge in [0, 0.05) is 18.1 Å². The molecule has 8 nitrogen and oxygen atoms in total. The number of nitrogens with zero attached hydrogens (tertiary/aromatic N) is 2. The van der Waals surface area contributed by atoms with Crippen LogP contribution in [-0.4, -0.2) is 51.4 Å². The molecule has 0 radical (unpaired) electrons. The van der Waals surface area contributed by atoms with Crippen molar-refractivity contribution >= 4 is 39.1 Å². The fourth-order valence-corrected chi connectivity index (χ4v) is 5.51. The molecule has 1 N–H and O–H groups in total. The first kappa shape index (κ1) is 30.0. The van der Waals surface area contributed by atoms with Crippen molar-refractivity contribution in [2.45, 2.75) is 44.7 Å². The highest BCUT2D eigenvalue weighted by Crippen LogP contribution is 2.27. The SMILES string of the molecule is CCCNC(=O)[C@@H](C)N(Cc1ccccc1Cl)C(=O)CN(c1ccc(C)cc1)S(=O)(=O)c1ccc(OC)cc1. The van der Waals surface area contributed by atoms with Crippen LogP contribution in [0.2, 0.25) is 5.02 Å². The molecular weight excluding hydrogens is 538 g/mol. The number of carbonyl (C=O) groups excluding carboxylic acids is 2. The summed E-state index contributed by atoms with van der Waals surface area (Å²) in [6, 6.07) is 19.0. The van der Waals surface area contributed by atoms with E-state index in [0.29, 0.717) is 28.6 Å². The van der Waals surface area contributed by atoms with Crippen molar-refractivity contribution in [1.29, 1.82) is 0 Å². The van der Waals surface area contributed by atoms with Gasteiger partial charge in [0.15, 0.2) is 0 Å². The maximum atomic E-state index is 13.9. The molecule has 10 heteroatoms. The molecule has 0 aliphatic carbocycles. The van der Waals surface area contributed by atoms with E-state index in [2.05, 4.69) is 5.32 Å². The van der Waals surface area contributed by atoms with Crippen LogP contribution in [0.5, 0.6) is 5.75 Å². The Morgan fingerprint density at radius 1 is 1.00 bits per heavy atom. The Bertz CT molecular complexity index is 1380. The number of rotatable bonds is 12. The Hall–Kier alpha value is -3.56. The van der Waals surface area contributed by atoms with E-state index in [4.69, 9.17) is 16.3 Å². The average Bonchev–Trinajstić information content (AvgIpc) is 2.94. The molecule has 0 unspecified atom stereocenters. The summed E-state index contributed by atoms with van der Waals surface area (Å²) >= 11 is 6.38. The van der Waals surface area contributed by atoms with Crippen molar-refractivity contribution in [1.82, 2.24) is 10.2 Å². The smallest absolute Gasteiger partial charge is 0.264 e. The van der Waals surface area contributed by atoms with Crippen molar-refractivity contribution in [3.8, 4) is 5.75 Å². The summed E-state index contributed by atoms with van der Waals surface area (Å²) < 4.78 is 33.9. The molecule has 0 aliphatic rings. The van der Waals surface area contributed by atoms with Gasteiger partial charge in [-0.15, -0.1) is 0 Å². The third-order valence-electron chi connectivity index (χ3n) is 6.26. The third-order valence-corrected chi connectivity index (χ3v) is 8.42. The molecule has 208 valence electrons. The van der Waals surface area contributed by atoms with Crippen LogP contribution in [0.15, 0.2) is 77.7 Å². The number of halogens is 1. The summed E-state index contributed by atoms with van der Waals surface area (Å²) in [5, 5.41) is 3.26. The maximum Gasteiger partial charge on any atom is 0.264 e. The molecule has 0 spiro atoms. The van der Waals surface area contributed by atoms with E-state index >= 15 is 0 Å². The molecule has 0 heterocycles. The number of hydrogen-bond acceptors (Lipinski definition) is 5. The van der Waals surface area contributed by atoms with Crippen molar-refractivity contribution in [2.24, 2.45) is 0 Å². The van der Waals surface area contributed by atoms with Crippen LogP contribution in [0.25, 0.3) is 0 Å². The zero-order chi connectivity index (χ0) is 28.6. The Kier molecular flexibility index (Phi) is 10.4. The van der Waals surface area contributed by atoms with E-state index in [0.717, 1.165) is 16.3 Å². The second-order valence-electron chi connectivity index (χ2n) is 9.10. The van der Waals surface area contributed by atoms with Gasteiger partial charge in [0.2, 0.25) is 11.8 Å². The molecular formula is C29H34ClN3O5S. The molecule has 3 aromatic rings. The van der Waals surface area contributed by atoms with Crippen molar-refractivity contribution in [3.63, 3.8) is 0 Å². The molecule has 2 amide bonds. The summed E-state index contributed by atoms with van der Waals surface area (Å²) in [5.41, 5.74) is 1.90. The highest BCUT2D eigenvalue weighted by Gasteiger charge is 2.32. The molecule has 3 rings (SSSR count). The zero-order valence-corrected chi connectivity index (χ0v) is 24.1. The molecule has 0 aromatic heterocycles. The predicted molar refractivity (Wildman–Crippen MR) is 153 cm³/mol. The summed E-state index contributed by atoms with van der Waals surface area (Å²) in [6.45, 7) is 5.41. The van der Waals surface area contributed by atoms with Crippen molar-refractivity contribution in [3.05, 3.63) is 88.9 Å². The molecule has 39 heavy (non-hydrogen) atoms. The number of carbonyl (C=O) groups is 2. The molecule has 0 aliphatic heterocycles. The first-order chi connectivity index (χ1) is 18.6. The van der Waals surface area contributed by atoms with E-state index < -0.39 is 28.5 Å². The number of ether oxygens (including phenoxy) is 1. The highest BCUT2D eigenvalue weighted by molar-refractivity contribution is 7.92. The normalized spacial score (nSPS) is 11.9. The van der Waals surface area contributed by atoms with E-state index in [1.807, 2.05) is 13.8 Å². The fraction of sp³-hybridized carbons (Fsp3) is 0.310. The first-order valence-electron chi connectivity index (χ1n) is 12.6. The van der Waals surface area contributed by atoms with Gasteiger partial charge in [-0.2, -0.15) is 0 Å². The summed E-state index contributed by atoms with van der Waals surface area (Å²) in [4.78, 5) is 28.2. The van der Waals surface area contributed by atoms with Gasteiger partial charge in [-0.3, -0.25) is 13.9 Å². The minimum absolute atomic E-state index is 0.00284. The fourth-order valence-electron chi connectivity index (χ4n) is 3.90. The van der Waals surface area contributed by atoms with Crippen molar-refractivity contribution in [2.75, 3.05) is 24.5 Å². The second kappa shape index (κ2) is 13.5. The minimum atomic E-state index is -4.16. The van der Waals surface area contributed by atoms with E-state index in [1.165, 1.54) is 24.1 Å². The number of amides is 2. The Morgan fingerprint density at radius 2 is 1.64 bits per heavy atom. The second-order valence-corrected chi connectivity index (χ2v) is 11.4. The average molecular weight is 572 g/mol. The monoisotopic (exact) mass is 571 g/mol. The Morgan fingerprint density at radius 3 is 2.23 bits per heavy atom. The van der Waals surface area contributed by atoms with E-state index in [1.54, 1.807) is 67.6 Å². The maximum absolute atomic E-state index is 13.9. The van der Waals surface area contributed by atoms with Gasteiger partial charge in [0.1, 0.15) is 18.3 Å². The van der Waals surface area contributed by atoms with Crippen LogP contribution in [0, 0.1) is 6.92 Å². The lowest BCUT2D eigenvalue weighted by molar-refractivity contribution is -0.139. The quantitative estimate of drug-likeness (QED) is 0.337. The third kappa shape index (κ3) is 7.52. The molecule has 0 bridgehead atoms. The Balaban J connectivity index is 2.02. The lowest BCUT2D eigenvalue weighted by Gasteiger charge is -2.32. The molecule has 0 saturated heterocycles. The number of hydrogen-bond donors (Lipinski definition) is 1. The number of anilines is 1. The molecule has 1 atom stereocenters. The van der Waals surface area contributed by atoms with Gasteiger partial charge in [-0.1, -0.05) is 54.4 Å². The van der Waals surface area contributed by atoms with Gasteiger partial charge < -0.3 is 15.0 Å². The summed E-state index contributed by atoms with van der Waals surface area (Å²) in [6.07, 6.45) is 0.734. The predicted octanol–water partition coefficient (Wildman–Crippen LogP) is 4.80. The van der Waals surface area contributed by atoms with Gasteiger partial charge in [0.05, 0.1) is 17.7 Å². The molecule has 3 aromatic carbocycles. The van der Waals surface area contributed by atoms with Crippen LogP contribution in [0.1, 0.15) is 31.4 Å². The van der Waals surface area contributed by atoms with Gasteiger partial charge >= 0.3 is 0 Å². The van der Waals surface area contributed by atoms with Gasteiger partial charge in [-0.25, -0.2) is 8.42 Å². The number of aryl methyl sites for hydroxylation is 1.